The molecule has 1 saturated heterocycles. The highest BCUT2D eigenvalue weighted by molar-refractivity contribution is 5.78. The molecule has 3 aromatic heterocycles. The van der Waals surface area contributed by atoms with Crippen LogP contribution < -0.4 is 5.32 Å². The summed E-state index contributed by atoms with van der Waals surface area (Å²) in [7, 11) is 0. The number of fused-ring (bicyclic) bond motifs is 1. The number of phenolic OH excluding ortho intramolecular Hbond substituents is 1. The van der Waals surface area contributed by atoms with Gasteiger partial charge in [-0.05, 0) is 58.7 Å². The van der Waals surface area contributed by atoms with Gasteiger partial charge in [0.25, 0.3) is 0 Å². The number of halogens is 1. The van der Waals surface area contributed by atoms with Gasteiger partial charge in [0.1, 0.15) is 17.1 Å². The number of hydrogen-bond acceptors (Lipinski definition) is 7. The Hall–Kier alpha value is -3.40. The third-order valence-corrected chi connectivity index (χ3v) is 5.91. The lowest BCUT2D eigenvalue weighted by atomic mass is 9.80. The molecule has 32 heavy (non-hydrogen) atoms. The second-order valence-corrected chi connectivity index (χ2v) is 9.76. The summed E-state index contributed by atoms with van der Waals surface area (Å²) < 4.78 is 16.7. The summed E-state index contributed by atoms with van der Waals surface area (Å²) in [4.78, 5) is 0. The number of aromatic amines is 1. The summed E-state index contributed by atoms with van der Waals surface area (Å²) in [6.07, 6.45) is 4.84. The molecule has 3 N–H and O–H groups in total. The molecule has 0 saturated carbocycles. The van der Waals surface area contributed by atoms with Crippen molar-refractivity contribution in [2.45, 2.75) is 57.7 Å². The molecule has 166 valence electrons. The fourth-order valence-corrected chi connectivity index (χ4v) is 4.96. The van der Waals surface area contributed by atoms with Crippen LogP contribution in [0.2, 0.25) is 0 Å². The molecule has 0 aliphatic carbocycles. The Balaban J connectivity index is 1.52. The summed E-state index contributed by atoms with van der Waals surface area (Å²) in [6, 6.07) is 4.37. The van der Waals surface area contributed by atoms with Gasteiger partial charge in [0.05, 0.1) is 17.9 Å². The number of aromatic hydroxyl groups is 1. The second-order valence-electron chi connectivity index (χ2n) is 9.76. The van der Waals surface area contributed by atoms with E-state index >= 15 is 0 Å². The molecule has 0 atom stereocenters. The first-order valence-electron chi connectivity index (χ1n) is 10.5. The van der Waals surface area contributed by atoms with E-state index in [9.17, 15) is 9.50 Å². The number of phenols is 1. The van der Waals surface area contributed by atoms with E-state index < -0.39 is 5.82 Å². The predicted octanol–water partition coefficient (Wildman–Crippen LogP) is 3.60. The second kappa shape index (κ2) is 7.06. The van der Waals surface area contributed by atoms with Crippen molar-refractivity contribution in [3.05, 3.63) is 36.4 Å². The van der Waals surface area contributed by atoms with Crippen LogP contribution >= 0.6 is 0 Å². The molecule has 0 spiro atoms. The number of hydrogen-bond donors (Lipinski definition) is 3. The van der Waals surface area contributed by atoms with Gasteiger partial charge in [0.15, 0.2) is 0 Å². The highest BCUT2D eigenvalue weighted by atomic mass is 19.1. The maximum absolute atomic E-state index is 14.9. The van der Waals surface area contributed by atoms with E-state index in [0.29, 0.717) is 22.3 Å². The molecule has 0 unspecified atom stereocenters. The zero-order chi connectivity index (χ0) is 22.7. The minimum Gasteiger partial charge on any atom is -0.507 e. The monoisotopic (exact) mass is 436 g/mol. The lowest BCUT2D eigenvalue weighted by molar-refractivity contribution is 0.127. The SMILES string of the molecule is CC1(C)CC(n2nnc3cc(-c4cc(O)c(-c5cn[nH]c5)cc4F)nnc32)CC(C)(C)N1. The molecular weight excluding hydrogens is 411 g/mol. The van der Waals surface area contributed by atoms with E-state index in [-0.39, 0.29) is 34.1 Å². The van der Waals surface area contributed by atoms with Crippen LogP contribution in [0.5, 0.6) is 5.75 Å². The quantitative estimate of drug-likeness (QED) is 0.449. The largest absolute Gasteiger partial charge is 0.507 e. The number of piperidine rings is 1. The number of rotatable bonds is 3. The fraction of sp³-hybridized carbons (Fsp3) is 0.409. The molecule has 1 aromatic carbocycles. The van der Waals surface area contributed by atoms with Gasteiger partial charge in [0.2, 0.25) is 5.65 Å². The Kier molecular flexibility index (Phi) is 4.52. The van der Waals surface area contributed by atoms with Crippen LogP contribution in [-0.4, -0.2) is 51.6 Å². The van der Waals surface area contributed by atoms with Gasteiger partial charge in [-0.1, -0.05) is 5.21 Å². The van der Waals surface area contributed by atoms with Crippen molar-refractivity contribution in [3.8, 4) is 28.1 Å². The van der Waals surface area contributed by atoms with Crippen molar-refractivity contribution in [1.29, 1.82) is 0 Å². The minimum atomic E-state index is -0.526. The van der Waals surface area contributed by atoms with E-state index in [2.05, 4.69) is 63.7 Å². The predicted molar refractivity (Wildman–Crippen MR) is 117 cm³/mol. The molecule has 0 amide bonds. The Morgan fingerprint density at radius 2 is 1.78 bits per heavy atom. The van der Waals surface area contributed by atoms with Gasteiger partial charge in [-0.3, -0.25) is 5.10 Å². The van der Waals surface area contributed by atoms with Crippen molar-refractivity contribution in [2.75, 3.05) is 0 Å². The van der Waals surface area contributed by atoms with Crippen LogP contribution in [-0.2, 0) is 0 Å². The van der Waals surface area contributed by atoms with Crippen molar-refractivity contribution in [1.82, 2.24) is 40.7 Å². The van der Waals surface area contributed by atoms with Crippen LogP contribution in [0, 0.1) is 5.82 Å². The Morgan fingerprint density at radius 3 is 2.47 bits per heavy atom. The van der Waals surface area contributed by atoms with Gasteiger partial charge in [-0.25, -0.2) is 9.07 Å². The summed E-state index contributed by atoms with van der Waals surface area (Å²) in [5, 5.41) is 37.8. The number of benzene rings is 1. The molecule has 4 aromatic rings. The van der Waals surface area contributed by atoms with Crippen LogP contribution in [0.4, 0.5) is 4.39 Å². The summed E-state index contributed by atoms with van der Waals surface area (Å²) in [6.45, 7) is 8.69. The summed E-state index contributed by atoms with van der Waals surface area (Å²) in [5.74, 6) is -0.602. The fourth-order valence-electron chi connectivity index (χ4n) is 4.96. The van der Waals surface area contributed by atoms with E-state index in [1.54, 1.807) is 12.3 Å². The van der Waals surface area contributed by atoms with Crippen LogP contribution in [0.15, 0.2) is 30.6 Å². The van der Waals surface area contributed by atoms with Crippen molar-refractivity contribution < 1.29 is 9.50 Å². The standard InChI is InChI=1S/C22H25FN8O/c1-21(2)8-13(9-22(3,4)29-21)31-20-18(27-30-31)7-17(26-28-20)15-6-19(32)14(5-16(15)23)12-10-24-25-11-12/h5-7,10-11,13,29,32H,8-9H2,1-4H3,(H,24,25). The highest BCUT2D eigenvalue weighted by Crippen LogP contribution is 2.37. The topological polar surface area (TPSA) is 117 Å². The van der Waals surface area contributed by atoms with Crippen molar-refractivity contribution >= 4 is 11.2 Å². The third kappa shape index (κ3) is 3.60. The van der Waals surface area contributed by atoms with Gasteiger partial charge in [0, 0.05) is 34.0 Å². The molecule has 0 bridgehead atoms. The maximum Gasteiger partial charge on any atom is 0.201 e. The maximum atomic E-state index is 14.9. The van der Waals surface area contributed by atoms with E-state index in [1.165, 1.54) is 18.3 Å². The molecule has 9 nitrogen and oxygen atoms in total. The molecule has 1 fully saturated rings. The Morgan fingerprint density at radius 1 is 1.03 bits per heavy atom. The molecule has 4 heterocycles. The summed E-state index contributed by atoms with van der Waals surface area (Å²) in [5.41, 5.74) is 2.32. The minimum absolute atomic E-state index is 0.0601. The molecular formula is C22H25FN8O. The number of aromatic nitrogens is 7. The number of H-pyrrole nitrogens is 1. The molecule has 1 aliphatic rings. The van der Waals surface area contributed by atoms with Crippen LogP contribution in [0.25, 0.3) is 33.5 Å². The molecule has 1 aliphatic heterocycles. The highest BCUT2D eigenvalue weighted by Gasteiger charge is 2.39. The first kappa shape index (κ1) is 20.5. The summed E-state index contributed by atoms with van der Waals surface area (Å²) >= 11 is 0. The van der Waals surface area contributed by atoms with Gasteiger partial charge < -0.3 is 10.4 Å². The zero-order valence-electron chi connectivity index (χ0n) is 18.4. The molecule has 10 heteroatoms. The Bertz CT molecular complexity index is 1280. The van der Waals surface area contributed by atoms with E-state index in [1.807, 2.05) is 4.68 Å². The van der Waals surface area contributed by atoms with Gasteiger partial charge in [-0.15, -0.1) is 15.3 Å². The number of nitrogens with zero attached hydrogens (tertiary/aromatic N) is 6. The lowest BCUT2D eigenvalue weighted by Gasteiger charge is -2.46. The molecule has 0 radical (unpaired) electrons. The Labute approximate surface area is 184 Å². The average molecular weight is 436 g/mol. The van der Waals surface area contributed by atoms with Crippen molar-refractivity contribution in [2.24, 2.45) is 0 Å². The lowest BCUT2D eigenvalue weighted by Crippen LogP contribution is -2.58. The number of nitrogens with one attached hydrogen (secondary N) is 2. The smallest absolute Gasteiger partial charge is 0.201 e. The van der Waals surface area contributed by atoms with Gasteiger partial charge >= 0.3 is 0 Å². The first-order chi connectivity index (χ1) is 15.1. The average Bonchev–Trinajstić information content (AvgIpc) is 3.36. The zero-order valence-corrected chi connectivity index (χ0v) is 18.4. The van der Waals surface area contributed by atoms with Crippen LogP contribution in [0.3, 0.4) is 0 Å². The first-order valence-corrected chi connectivity index (χ1v) is 10.5. The van der Waals surface area contributed by atoms with Gasteiger partial charge in [-0.2, -0.15) is 5.10 Å². The van der Waals surface area contributed by atoms with E-state index in [4.69, 9.17) is 0 Å². The van der Waals surface area contributed by atoms with E-state index in [0.717, 1.165) is 12.8 Å². The van der Waals surface area contributed by atoms with Crippen molar-refractivity contribution in [3.63, 3.8) is 0 Å². The third-order valence-electron chi connectivity index (χ3n) is 5.91. The normalized spacial score (nSPS) is 18.3. The van der Waals surface area contributed by atoms with Crippen LogP contribution in [0.1, 0.15) is 46.6 Å². The molecule has 5 rings (SSSR count).